The van der Waals surface area contributed by atoms with Crippen LogP contribution in [-0.4, -0.2) is 18.4 Å². The Morgan fingerprint density at radius 2 is 1.89 bits per heavy atom. The van der Waals surface area contributed by atoms with Gasteiger partial charge in [-0.25, -0.2) is 23.5 Å². The molecule has 2 aromatic rings. The van der Waals surface area contributed by atoms with Gasteiger partial charge >= 0.3 is 0 Å². The van der Waals surface area contributed by atoms with Crippen molar-refractivity contribution in [2.24, 2.45) is 5.14 Å². The third-order valence-corrected chi connectivity index (χ3v) is 4.78. The molecule has 1 heterocycles. The van der Waals surface area contributed by atoms with Crippen LogP contribution >= 0.6 is 23.4 Å². The molecule has 0 unspecified atom stereocenters. The summed E-state index contributed by atoms with van der Waals surface area (Å²) in [4.78, 5) is 8.28. The SMILES string of the molecule is Nc1nccnc1Sc1cccc(S(N)(=O)=O)c1Cl. The average Bonchev–Trinajstić information content (AvgIpc) is 2.33. The van der Waals surface area contributed by atoms with Gasteiger partial charge in [0.05, 0.1) is 5.02 Å². The Bertz CT molecular complexity index is 721. The lowest BCUT2D eigenvalue weighted by molar-refractivity contribution is 0.597. The Labute approximate surface area is 119 Å². The summed E-state index contributed by atoms with van der Waals surface area (Å²) in [6.07, 6.45) is 2.94. The fraction of sp³-hybridized carbons (Fsp3) is 0. The van der Waals surface area contributed by atoms with E-state index >= 15 is 0 Å². The van der Waals surface area contributed by atoms with Crippen LogP contribution < -0.4 is 10.9 Å². The first-order valence-electron chi connectivity index (χ1n) is 4.95. The van der Waals surface area contributed by atoms with Crippen molar-refractivity contribution in [3.63, 3.8) is 0 Å². The van der Waals surface area contributed by atoms with Crippen molar-refractivity contribution in [3.05, 3.63) is 35.6 Å². The highest BCUT2D eigenvalue weighted by Gasteiger charge is 2.17. The summed E-state index contributed by atoms with van der Waals surface area (Å²) in [6.45, 7) is 0. The number of sulfonamides is 1. The van der Waals surface area contributed by atoms with Gasteiger partial charge in [-0.3, -0.25) is 0 Å². The predicted octanol–water partition coefficient (Wildman–Crippen LogP) is 1.51. The van der Waals surface area contributed by atoms with E-state index in [1.165, 1.54) is 18.5 Å². The van der Waals surface area contributed by atoms with E-state index in [2.05, 4.69) is 9.97 Å². The fourth-order valence-corrected chi connectivity index (χ4v) is 3.39. The molecule has 1 aromatic heterocycles. The van der Waals surface area contributed by atoms with Gasteiger partial charge in [0.2, 0.25) is 10.0 Å². The van der Waals surface area contributed by atoms with Crippen molar-refractivity contribution in [3.8, 4) is 0 Å². The number of hydrogen-bond acceptors (Lipinski definition) is 6. The zero-order chi connectivity index (χ0) is 14.0. The molecule has 100 valence electrons. The standard InChI is InChI=1S/C10H9ClN4O2S2/c11-8-6(2-1-3-7(8)19(13,16)17)18-10-9(12)14-4-5-15-10/h1-5H,(H2,12,14)(H2,13,16,17). The Hall–Kier alpha value is -1.35. The Morgan fingerprint density at radius 3 is 2.53 bits per heavy atom. The van der Waals surface area contributed by atoms with Crippen LogP contribution in [-0.2, 0) is 10.0 Å². The van der Waals surface area contributed by atoms with Gasteiger partial charge in [-0.15, -0.1) is 0 Å². The Kier molecular flexibility index (Phi) is 3.95. The topological polar surface area (TPSA) is 112 Å². The second kappa shape index (κ2) is 5.33. The zero-order valence-electron chi connectivity index (χ0n) is 9.45. The summed E-state index contributed by atoms with van der Waals surface area (Å²) in [7, 11) is -3.87. The van der Waals surface area contributed by atoms with Crippen LogP contribution in [0.5, 0.6) is 0 Å². The third kappa shape index (κ3) is 3.16. The van der Waals surface area contributed by atoms with E-state index in [9.17, 15) is 8.42 Å². The molecule has 0 saturated carbocycles. The maximum atomic E-state index is 11.4. The predicted molar refractivity (Wildman–Crippen MR) is 73.4 cm³/mol. The summed E-state index contributed by atoms with van der Waals surface area (Å²) >= 11 is 7.15. The lowest BCUT2D eigenvalue weighted by Crippen LogP contribution is -2.12. The minimum atomic E-state index is -3.87. The summed E-state index contributed by atoms with van der Waals surface area (Å²) < 4.78 is 22.7. The maximum Gasteiger partial charge on any atom is 0.239 e. The van der Waals surface area contributed by atoms with Crippen molar-refractivity contribution in [1.82, 2.24) is 9.97 Å². The van der Waals surface area contributed by atoms with Crippen LogP contribution in [0.2, 0.25) is 5.02 Å². The molecule has 1 aromatic carbocycles. The molecule has 0 spiro atoms. The van der Waals surface area contributed by atoms with Gasteiger partial charge in [-0.05, 0) is 12.1 Å². The zero-order valence-corrected chi connectivity index (χ0v) is 11.8. The molecular weight excluding hydrogens is 308 g/mol. The van der Waals surface area contributed by atoms with E-state index in [1.807, 2.05) is 0 Å². The van der Waals surface area contributed by atoms with Crippen molar-refractivity contribution >= 4 is 39.2 Å². The quantitative estimate of drug-likeness (QED) is 0.887. The van der Waals surface area contributed by atoms with Crippen molar-refractivity contribution in [1.29, 1.82) is 0 Å². The number of primary sulfonamides is 1. The van der Waals surface area contributed by atoms with E-state index in [0.717, 1.165) is 11.8 Å². The van der Waals surface area contributed by atoms with Crippen molar-refractivity contribution < 1.29 is 8.42 Å². The van der Waals surface area contributed by atoms with Gasteiger partial charge in [0.25, 0.3) is 0 Å². The summed E-state index contributed by atoms with van der Waals surface area (Å²) in [5.74, 6) is 0.240. The minimum Gasteiger partial charge on any atom is -0.381 e. The average molecular weight is 317 g/mol. The molecule has 0 fully saturated rings. The van der Waals surface area contributed by atoms with Gasteiger partial charge in [0, 0.05) is 17.3 Å². The van der Waals surface area contributed by atoms with Crippen LogP contribution in [0.15, 0.2) is 45.4 Å². The fourth-order valence-electron chi connectivity index (χ4n) is 1.31. The molecule has 0 amide bonds. The first-order chi connectivity index (χ1) is 8.89. The number of halogens is 1. The van der Waals surface area contributed by atoms with Crippen molar-refractivity contribution in [2.75, 3.05) is 5.73 Å². The highest BCUT2D eigenvalue weighted by Crippen LogP contribution is 2.36. The smallest absolute Gasteiger partial charge is 0.239 e. The molecule has 0 saturated heterocycles. The molecule has 0 aliphatic carbocycles. The van der Waals surface area contributed by atoms with Crippen LogP contribution in [0.1, 0.15) is 0 Å². The molecule has 0 aliphatic rings. The van der Waals surface area contributed by atoms with Crippen LogP contribution in [0, 0.1) is 0 Å². The highest BCUT2D eigenvalue weighted by molar-refractivity contribution is 7.99. The van der Waals surface area contributed by atoms with Gasteiger partial charge in [0.1, 0.15) is 9.92 Å². The number of benzene rings is 1. The normalized spacial score (nSPS) is 11.5. The molecule has 0 bridgehead atoms. The Balaban J connectivity index is 2.46. The number of rotatable bonds is 3. The monoisotopic (exact) mass is 316 g/mol. The van der Waals surface area contributed by atoms with Gasteiger partial charge < -0.3 is 5.73 Å². The first-order valence-corrected chi connectivity index (χ1v) is 7.69. The van der Waals surface area contributed by atoms with Gasteiger partial charge in [-0.2, -0.15) is 0 Å². The number of aromatic nitrogens is 2. The molecule has 0 aliphatic heterocycles. The van der Waals surface area contributed by atoms with Gasteiger partial charge in [0.15, 0.2) is 5.82 Å². The third-order valence-electron chi connectivity index (χ3n) is 2.13. The number of nitrogens with two attached hydrogens (primary N) is 2. The summed E-state index contributed by atoms with van der Waals surface area (Å²) in [5.41, 5.74) is 5.66. The maximum absolute atomic E-state index is 11.4. The molecule has 6 nitrogen and oxygen atoms in total. The van der Waals surface area contributed by atoms with Crippen LogP contribution in [0.25, 0.3) is 0 Å². The van der Waals surface area contributed by atoms with E-state index in [1.54, 1.807) is 12.1 Å². The molecule has 0 radical (unpaired) electrons. The number of anilines is 1. The van der Waals surface area contributed by atoms with E-state index < -0.39 is 10.0 Å². The van der Waals surface area contributed by atoms with Crippen molar-refractivity contribution in [2.45, 2.75) is 14.8 Å². The van der Waals surface area contributed by atoms with Gasteiger partial charge in [-0.1, -0.05) is 29.4 Å². The molecule has 4 N–H and O–H groups in total. The molecule has 0 atom stereocenters. The molecule has 9 heteroatoms. The minimum absolute atomic E-state index is 0.0417. The second-order valence-electron chi connectivity index (χ2n) is 3.46. The van der Waals surface area contributed by atoms with Crippen LogP contribution in [0.3, 0.4) is 0 Å². The number of nitrogens with zero attached hydrogens (tertiary/aromatic N) is 2. The number of nitrogen functional groups attached to an aromatic ring is 1. The van der Waals surface area contributed by atoms with Crippen LogP contribution in [0.4, 0.5) is 5.82 Å². The van der Waals surface area contributed by atoms with E-state index in [0.29, 0.717) is 9.92 Å². The van der Waals surface area contributed by atoms with E-state index in [-0.39, 0.29) is 15.7 Å². The molecular formula is C10H9ClN4O2S2. The lowest BCUT2D eigenvalue weighted by atomic mass is 10.4. The Morgan fingerprint density at radius 1 is 1.21 bits per heavy atom. The molecule has 2 rings (SSSR count). The first kappa shape index (κ1) is 14.1. The molecule has 19 heavy (non-hydrogen) atoms. The summed E-state index contributed by atoms with van der Waals surface area (Å²) in [6, 6.07) is 4.53. The highest BCUT2D eigenvalue weighted by atomic mass is 35.5. The lowest BCUT2D eigenvalue weighted by Gasteiger charge is -2.08. The second-order valence-corrected chi connectivity index (χ2v) is 6.40. The largest absolute Gasteiger partial charge is 0.381 e. The van der Waals surface area contributed by atoms with E-state index in [4.69, 9.17) is 22.5 Å². The summed E-state index contributed by atoms with van der Waals surface area (Å²) in [5, 5.41) is 5.56. The number of hydrogen-bond donors (Lipinski definition) is 2.